The average Bonchev–Trinajstić information content (AvgIpc) is 2.56. The first-order valence-corrected chi connectivity index (χ1v) is 5.07. The van der Waals surface area contributed by atoms with Crippen molar-refractivity contribution in [3.05, 3.63) is 12.7 Å². The molecule has 0 aromatic heterocycles. The first kappa shape index (κ1) is 12.7. The summed E-state index contributed by atoms with van der Waals surface area (Å²) in [5.74, 6) is -1.27. The van der Waals surface area contributed by atoms with Crippen LogP contribution in [0.25, 0.3) is 0 Å². The van der Waals surface area contributed by atoms with Gasteiger partial charge in [-0.3, -0.25) is 14.5 Å². The Kier molecular flexibility index (Phi) is 4.45. The number of hydrogen-bond acceptors (Lipinski definition) is 4. The smallest absolute Gasteiger partial charge is 0.321 e. The van der Waals surface area contributed by atoms with Gasteiger partial charge in [-0.1, -0.05) is 6.08 Å². The number of likely N-dealkylation sites (tertiary alicyclic amines) is 1. The summed E-state index contributed by atoms with van der Waals surface area (Å²) in [6, 6.07) is -0.774. The average molecular weight is 228 g/mol. The molecule has 1 saturated heterocycles. The van der Waals surface area contributed by atoms with Crippen molar-refractivity contribution in [1.82, 2.24) is 10.2 Å². The number of carbonyl (C=O) groups is 2. The molecule has 3 N–H and O–H groups in total. The Hall–Kier alpha value is -1.40. The van der Waals surface area contributed by atoms with Crippen LogP contribution in [0.15, 0.2) is 12.7 Å². The van der Waals surface area contributed by atoms with E-state index in [-0.39, 0.29) is 25.4 Å². The summed E-state index contributed by atoms with van der Waals surface area (Å²) in [6.45, 7) is 4.02. The standard InChI is InChI=1S/C10H16N2O4/c1-2-3-11-9(14)6-12-5-7(13)4-8(12)10(15)16/h2,7-8,13H,1,3-6H2,(H,11,14)(H,15,16). The Balaban J connectivity index is 2.48. The van der Waals surface area contributed by atoms with Crippen molar-refractivity contribution in [1.29, 1.82) is 0 Å². The number of aliphatic hydroxyl groups excluding tert-OH is 1. The zero-order chi connectivity index (χ0) is 12.1. The number of carboxylic acid groups (broad SMARTS) is 1. The Morgan fingerprint density at radius 2 is 2.25 bits per heavy atom. The summed E-state index contributed by atoms with van der Waals surface area (Å²) in [7, 11) is 0. The minimum absolute atomic E-state index is 0.0120. The van der Waals surface area contributed by atoms with E-state index < -0.39 is 18.1 Å². The molecule has 1 aliphatic rings. The van der Waals surface area contributed by atoms with Gasteiger partial charge in [0.2, 0.25) is 5.91 Å². The minimum Gasteiger partial charge on any atom is -0.480 e. The lowest BCUT2D eigenvalue weighted by atomic mass is 10.2. The lowest BCUT2D eigenvalue weighted by molar-refractivity contribution is -0.142. The second-order valence-electron chi connectivity index (χ2n) is 3.77. The number of carbonyl (C=O) groups excluding carboxylic acids is 1. The summed E-state index contributed by atoms with van der Waals surface area (Å²) < 4.78 is 0. The molecule has 0 aromatic rings. The maximum Gasteiger partial charge on any atom is 0.321 e. The van der Waals surface area contributed by atoms with Crippen LogP contribution >= 0.6 is 0 Å². The van der Waals surface area contributed by atoms with Crippen LogP contribution in [-0.4, -0.2) is 58.8 Å². The quantitative estimate of drug-likeness (QED) is 0.515. The third kappa shape index (κ3) is 3.32. The van der Waals surface area contributed by atoms with Crippen LogP contribution in [0.5, 0.6) is 0 Å². The zero-order valence-corrected chi connectivity index (χ0v) is 8.93. The van der Waals surface area contributed by atoms with Gasteiger partial charge in [-0.15, -0.1) is 6.58 Å². The molecule has 0 radical (unpaired) electrons. The molecule has 2 unspecified atom stereocenters. The van der Waals surface area contributed by atoms with Crippen molar-refractivity contribution in [2.75, 3.05) is 19.6 Å². The van der Waals surface area contributed by atoms with Crippen LogP contribution in [0.4, 0.5) is 0 Å². The Bertz CT molecular complexity index is 293. The second-order valence-corrected chi connectivity index (χ2v) is 3.77. The van der Waals surface area contributed by atoms with E-state index in [0.717, 1.165) is 0 Å². The molecule has 2 atom stereocenters. The van der Waals surface area contributed by atoms with Gasteiger partial charge in [0.1, 0.15) is 6.04 Å². The van der Waals surface area contributed by atoms with Crippen LogP contribution in [0.2, 0.25) is 0 Å². The van der Waals surface area contributed by atoms with Crippen molar-refractivity contribution in [2.24, 2.45) is 0 Å². The number of hydrogen-bond donors (Lipinski definition) is 3. The van der Waals surface area contributed by atoms with E-state index in [1.165, 1.54) is 4.90 Å². The van der Waals surface area contributed by atoms with Crippen molar-refractivity contribution >= 4 is 11.9 Å². The lowest BCUT2D eigenvalue weighted by Crippen LogP contribution is -2.43. The molecule has 0 spiro atoms. The monoisotopic (exact) mass is 228 g/mol. The Morgan fingerprint density at radius 3 is 2.81 bits per heavy atom. The molecule has 0 aliphatic carbocycles. The van der Waals surface area contributed by atoms with Crippen molar-refractivity contribution in [3.8, 4) is 0 Å². The molecule has 0 bridgehead atoms. The van der Waals surface area contributed by atoms with Crippen LogP contribution in [0.3, 0.4) is 0 Å². The number of nitrogens with one attached hydrogen (secondary N) is 1. The third-order valence-electron chi connectivity index (χ3n) is 2.46. The highest BCUT2D eigenvalue weighted by Gasteiger charge is 2.36. The van der Waals surface area contributed by atoms with Gasteiger partial charge in [0.15, 0.2) is 0 Å². The molecule has 6 heteroatoms. The molecule has 90 valence electrons. The van der Waals surface area contributed by atoms with Gasteiger partial charge in [0.05, 0.1) is 12.6 Å². The fourth-order valence-corrected chi connectivity index (χ4v) is 1.74. The van der Waals surface area contributed by atoms with Crippen LogP contribution in [-0.2, 0) is 9.59 Å². The maximum absolute atomic E-state index is 11.4. The number of β-amino-alcohol motifs (C(OH)–C–C–N with tert-alkyl or cyclic N) is 1. The van der Waals surface area contributed by atoms with Gasteiger partial charge in [0.25, 0.3) is 0 Å². The van der Waals surface area contributed by atoms with Gasteiger partial charge in [-0.05, 0) is 0 Å². The molecule has 0 saturated carbocycles. The molecule has 6 nitrogen and oxygen atoms in total. The molecular formula is C10H16N2O4. The molecule has 0 aromatic carbocycles. The van der Waals surface area contributed by atoms with Crippen LogP contribution < -0.4 is 5.32 Å². The number of aliphatic carboxylic acids is 1. The Labute approximate surface area is 93.5 Å². The van der Waals surface area contributed by atoms with E-state index in [1.807, 2.05) is 0 Å². The van der Waals surface area contributed by atoms with Gasteiger partial charge in [-0.25, -0.2) is 0 Å². The van der Waals surface area contributed by atoms with Gasteiger partial charge in [0, 0.05) is 19.5 Å². The largest absolute Gasteiger partial charge is 0.480 e. The third-order valence-corrected chi connectivity index (χ3v) is 2.46. The molecule has 16 heavy (non-hydrogen) atoms. The molecule has 1 rings (SSSR count). The fraction of sp³-hybridized carbons (Fsp3) is 0.600. The highest BCUT2D eigenvalue weighted by atomic mass is 16.4. The summed E-state index contributed by atoms with van der Waals surface area (Å²) in [5.41, 5.74) is 0. The summed E-state index contributed by atoms with van der Waals surface area (Å²) in [5, 5.41) is 20.8. The van der Waals surface area contributed by atoms with Crippen LogP contribution in [0.1, 0.15) is 6.42 Å². The molecular weight excluding hydrogens is 212 g/mol. The van der Waals surface area contributed by atoms with Gasteiger partial charge < -0.3 is 15.5 Å². The summed E-state index contributed by atoms with van der Waals surface area (Å²) >= 11 is 0. The van der Waals surface area contributed by atoms with Crippen molar-refractivity contribution in [3.63, 3.8) is 0 Å². The number of nitrogens with zero attached hydrogens (tertiary/aromatic N) is 1. The summed E-state index contributed by atoms with van der Waals surface area (Å²) in [4.78, 5) is 23.7. The van der Waals surface area contributed by atoms with Crippen LogP contribution in [0, 0.1) is 0 Å². The first-order chi connectivity index (χ1) is 7.54. The van der Waals surface area contributed by atoms with E-state index in [2.05, 4.69) is 11.9 Å². The van der Waals surface area contributed by atoms with E-state index in [9.17, 15) is 14.7 Å². The van der Waals surface area contributed by atoms with E-state index >= 15 is 0 Å². The van der Waals surface area contributed by atoms with E-state index in [0.29, 0.717) is 6.54 Å². The minimum atomic E-state index is -1.01. The Morgan fingerprint density at radius 1 is 1.56 bits per heavy atom. The number of rotatable bonds is 5. The predicted octanol–water partition coefficient (Wildman–Crippen LogP) is -1.19. The fourth-order valence-electron chi connectivity index (χ4n) is 1.74. The van der Waals surface area contributed by atoms with E-state index in [1.54, 1.807) is 6.08 Å². The molecule has 1 fully saturated rings. The SMILES string of the molecule is C=CCNC(=O)CN1CC(O)CC1C(=O)O. The normalized spacial score (nSPS) is 25.3. The summed E-state index contributed by atoms with van der Waals surface area (Å²) in [6.07, 6.45) is 1.04. The maximum atomic E-state index is 11.4. The first-order valence-electron chi connectivity index (χ1n) is 5.07. The van der Waals surface area contributed by atoms with Crippen molar-refractivity contribution < 1.29 is 19.8 Å². The van der Waals surface area contributed by atoms with Gasteiger partial charge >= 0.3 is 5.97 Å². The van der Waals surface area contributed by atoms with E-state index in [4.69, 9.17) is 5.11 Å². The molecule has 1 aliphatic heterocycles. The topological polar surface area (TPSA) is 89.9 Å². The zero-order valence-electron chi connectivity index (χ0n) is 8.93. The number of aliphatic hydroxyl groups is 1. The number of amides is 1. The van der Waals surface area contributed by atoms with Gasteiger partial charge in [-0.2, -0.15) is 0 Å². The molecule has 1 heterocycles. The predicted molar refractivity (Wildman–Crippen MR) is 56.8 cm³/mol. The lowest BCUT2D eigenvalue weighted by Gasteiger charge is -2.19. The second kappa shape index (κ2) is 5.62. The number of carboxylic acids is 1. The highest BCUT2D eigenvalue weighted by molar-refractivity contribution is 5.80. The highest BCUT2D eigenvalue weighted by Crippen LogP contribution is 2.17. The molecule has 1 amide bonds. The van der Waals surface area contributed by atoms with Crippen molar-refractivity contribution in [2.45, 2.75) is 18.6 Å².